The van der Waals surface area contributed by atoms with Crippen molar-refractivity contribution in [1.29, 1.82) is 0 Å². The van der Waals surface area contributed by atoms with Crippen molar-refractivity contribution in [3.05, 3.63) is 29.8 Å². The van der Waals surface area contributed by atoms with E-state index in [1.165, 1.54) is 18.2 Å². The molecule has 1 saturated carbocycles. The second kappa shape index (κ2) is 4.56. The molecule has 1 fully saturated rings. The molecule has 1 aliphatic rings. The van der Waals surface area contributed by atoms with Crippen molar-refractivity contribution in [2.75, 3.05) is 0 Å². The lowest BCUT2D eigenvalue weighted by molar-refractivity contribution is -0.139. The van der Waals surface area contributed by atoms with Crippen LogP contribution in [0.4, 0.5) is 13.2 Å². The first-order valence-corrected chi connectivity index (χ1v) is 5.57. The summed E-state index contributed by atoms with van der Waals surface area (Å²) in [5.74, 6) is -0.123. The molecule has 0 amide bonds. The van der Waals surface area contributed by atoms with E-state index in [2.05, 4.69) is 0 Å². The molecule has 0 radical (unpaired) electrons. The van der Waals surface area contributed by atoms with Crippen LogP contribution in [0.15, 0.2) is 24.3 Å². The van der Waals surface area contributed by atoms with Crippen molar-refractivity contribution in [3.8, 4) is 5.75 Å². The van der Waals surface area contributed by atoms with E-state index in [0.717, 1.165) is 18.9 Å². The number of hydrogen-bond donors (Lipinski definition) is 1. The van der Waals surface area contributed by atoms with Crippen LogP contribution in [-0.2, 0) is 6.18 Å². The van der Waals surface area contributed by atoms with Gasteiger partial charge in [0.2, 0.25) is 0 Å². The van der Waals surface area contributed by atoms with Gasteiger partial charge in [-0.2, -0.15) is 13.2 Å². The van der Waals surface area contributed by atoms with Crippen molar-refractivity contribution in [2.45, 2.75) is 37.6 Å². The summed E-state index contributed by atoms with van der Waals surface area (Å²) in [5.41, 5.74) is 5.04. The third kappa shape index (κ3) is 2.72. The number of halogens is 3. The Morgan fingerprint density at radius 1 is 1.18 bits per heavy atom. The van der Waals surface area contributed by atoms with Crippen LogP contribution in [0.5, 0.6) is 5.75 Å². The third-order valence-corrected chi connectivity index (χ3v) is 2.97. The van der Waals surface area contributed by atoms with E-state index in [0.29, 0.717) is 6.42 Å². The number of hydrogen-bond acceptors (Lipinski definition) is 2. The van der Waals surface area contributed by atoms with Gasteiger partial charge in [0.1, 0.15) is 11.9 Å². The molecule has 2 rings (SSSR count). The fourth-order valence-electron chi connectivity index (χ4n) is 2.07. The van der Waals surface area contributed by atoms with Gasteiger partial charge in [-0.15, -0.1) is 0 Å². The Labute approximate surface area is 97.6 Å². The molecular formula is C12H14F3NO. The Morgan fingerprint density at radius 3 is 2.47 bits per heavy atom. The minimum absolute atomic E-state index is 0.123. The molecule has 2 N–H and O–H groups in total. The van der Waals surface area contributed by atoms with Gasteiger partial charge in [-0.25, -0.2) is 0 Å². The summed E-state index contributed by atoms with van der Waals surface area (Å²) in [6.07, 6.45) is -2.27. The zero-order valence-electron chi connectivity index (χ0n) is 9.20. The molecule has 2 atom stereocenters. The summed E-state index contributed by atoms with van der Waals surface area (Å²) < 4.78 is 43.5. The largest absolute Gasteiger partial charge is 0.488 e. The van der Waals surface area contributed by atoms with Crippen molar-refractivity contribution in [1.82, 2.24) is 0 Å². The van der Waals surface area contributed by atoms with E-state index in [1.807, 2.05) is 0 Å². The zero-order valence-corrected chi connectivity index (χ0v) is 9.20. The van der Waals surface area contributed by atoms with Crippen molar-refractivity contribution in [3.63, 3.8) is 0 Å². The smallest absolute Gasteiger partial charge is 0.419 e. The van der Waals surface area contributed by atoms with E-state index in [4.69, 9.17) is 10.5 Å². The average Bonchev–Trinajstić information content (AvgIpc) is 2.64. The highest BCUT2D eigenvalue weighted by molar-refractivity contribution is 5.35. The lowest BCUT2D eigenvalue weighted by Gasteiger charge is -2.20. The van der Waals surface area contributed by atoms with E-state index < -0.39 is 11.7 Å². The molecule has 0 bridgehead atoms. The highest BCUT2D eigenvalue weighted by atomic mass is 19.4. The van der Waals surface area contributed by atoms with Crippen LogP contribution in [0.2, 0.25) is 0 Å². The number of alkyl halides is 3. The zero-order chi connectivity index (χ0) is 12.5. The van der Waals surface area contributed by atoms with E-state index >= 15 is 0 Å². The molecule has 0 aromatic heterocycles. The Balaban J connectivity index is 2.21. The molecule has 5 heteroatoms. The summed E-state index contributed by atoms with van der Waals surface area (Å²) in [4.78, 5) is 0. The van der Waals surface area contributed by atoms with Gasteiger partial charge < -0.3 is 10.5 Å². The predicted molar refractivity (Wildman–Crippen MR) is 57.7 cm³/mol. The number of rotatable bonds is 2. The molecule has 1 aromatic rings. The Morgan fingerprint density at radius 2 is 1.88 bits per heavy atom. The van der Waals surface area contributed by atoms with Gasteiger partial charge in [0, 0.05) is 6.04 Å². The molecule has 1 aliphatic carbocycles. The third-order valence-electron chi connectivity index (χ3n) is 2.97. The summed E-state index contributed by atoms with van der Waals surface area (Å²) in [7, 11) is 0. The number of para-hydroxylation sites is 1. The number of benzene rings is 1. The minimum atomic E-state index is -4.39. The van der Waals surface area contributed by atoms with Crippen LogP contribution in [0, 0.1) is 0 Å². The fraction of sp³-hybridized carbons (Fsp3) is 0.500. The van der Waals surface area contributed by atoms with Crippen molar-refractivity contribution < 1.29 is 17.9 Å². The average molecular weight is 245 g/mol. The molecule has 0 unspecified atom stereocenters. The van der Waals surface area contributed by atoms with Gasteiger partial charge in [-0.1, -0.05) is 12.1 Å². The molecule has 0 heterocycles. The summed E-state index contributed by atoms with van der Waals surface area (Å²) in [6, 6.07) is 5.08. The molecule has 1 aromatic carbocycles. The van der Waals surface area contributed by atoms with Gasteiger partial charge in [0.05, 0.1) is 5.56 Å². The lowest BCUT2D eigenvalue weighted by atomic mass is 10.2. The van der Waals surface area contributed by atoms with Crippen LogP contribution < -0.4 is 10.5 Å². The van der Waals surface area contributed by atoms with Crippen LogP contribution in [0.1, 0.15) is 24.8 Å². The topological polar surface area (TPSA) is 35.2 Å². The summed E-state index contributed by atoms with van der Waals surface area (Å²) >= 11 is 0. The Hall–Kier alpha value is -1.23. The monoisotopic (exact) mass is 245 g/mol. The number of nitrogens with two attached hydrogens (primary N) is 1. The van der Waals surface area contributed by atoms with Gasteiger partial charge in [-0.05, 0) is 31.4 Å². The van der Waals surface area contributed by atoms with E-state index in [9.17, 15) is 13.2 Å². The van der Waals surface area contributed by atoms with Crippen LogP contribution in [-0.4, -0.2) is 12.1 Å². The highest BCUT2D eigenvalue weighted by Crippen LogP contribution is 2.37. The second-order valence-corrected chi connectivity index (χ2v) is 4.24. The van der Waals surface area contributed by atoms with Crippen LogP contribution in [0.25, 0.3) is 0 Å². The van der Waals surface area contributed by atoms with Gasteiger partial charge in [0.15, 0.2) is 0 Å². The highest BCUT2D eigenvalue weighted by Gasteiger charge is 2.35. The van der Waals surface area contributed by atoms with Crippen LogP contribution in [0.3, 0.4) is 0 Å². The van der Waals surface area contributed by atoms with Gasteiger partial charge >= 0.3 is 6.18 Å². The van der Waals surface area contributed by atoms with E-state index in [1.54, 1.807) is 0 Å². The minimum Gasteiger partial charge on any atom is -0.488 e. The van der Waals surface area contributed by atoms with Crippen LogP contribution >= 0.6 is 0 Å². The maximum atomic E-state index is 12.7. The quantitative estimate of drug-likeness (QED) is 0.869. The molecule has 0 spiro atoms. The normalized spacial score (nSPS) is 24.9. The molecule has 17 heavy (non-hydrogen) atoms. The van der Waals surface area contributed by atoms with Gasteiger partial charge in [0.25, 0.3) is 0 Å². The maximum absolute atomic E-state index is 12.7. The fourth-order valence-corrected chi connectivity index (χ4v) is 2.07. The maximum Gasteiger partial charge on any atom is 0.419 e. The molecule has 0 aliphatic heterocycles. The molecule has 94 valence electrons. The van der Waals surface area contributed by atoms with E-state index in [-0.39, 0.29) is 17.9 Å². The Kier molecular flexibility index (Phi) is 3.28. The van der Waals surface area contributed by atoms with Gasteiger partial charge in [-0.3, -0.25) is 0 Å². The SMILES string of the molecule is N[C@H]1CCC[C@@H]1Oc1ccccc1C(F)(F)F. The molecule has 0 saturated heterocycles. The van der Waals surface area contributed by atoms with Crippen molar-refractivity contribution >= 4 is 0 Å². The second-order valence-electron chi connectivity index (χ2n) is 4.24. The van der Waals surface area contributed by atoms with Crippen molar-refractivity contribution in [2.24, 2.45) is 5.73 Å². The molecule has 2 nitrogen and oxygen atoms in total. The molecular weight excluding hydrogens is 231 g/mol. The number of ether oxygens (including phenoxy) is 1. The summed E-state index contributed by atoms with van der Waals surface area (Å²) in [5, 5.41) is 0. The first-order chi connectivity index (χ1) is 7.98. The predicted octanol–water partition coefficient (Wildman–Crippen LogP) is 2.96. The first kappa shape index (κ1) is 12.2. The first-order valence-electron chi connectivity index (χ1n) is 5.57. The standard InChI is InChI=1S/C12H14F3NO/c13-12(14,15)8-4-1-2-6-10(8)17-11-7-3-5-9(11)16/h1-2,4,6,9,11H,3,5,7,16H2/t9-,11-/m0/s1. The summed E-state index contributed by atoms with van der Waals surface area (Å²) in [6.45, 7) is 0. The lowest BCUT2D eigenvalue weighted by Crippen LogP contribution is -2.34. The Bertz CT molecular complexity index is 392.